The number of benzene rings is 6. The maximum absolute atomic E-state index is 3.07. The Labute approximate surface area is 368 Å². The van der Waals surface area contributed by atoms with E-state index in [1.807, 2.05) is 0 Å². The summed E-state index contributed by atoms with van der Waals surface area (Å²) in [7, 11) is 0. The van der Waals surface area contributed by atoms with E-state index in [0.29, 0.717) is 0 Å². The molecule has 0 radical (unpaired) electrons. The van der Waals surface area contributed by atoms with Crippen molar-refractivity contribution in [2.75, 3.05) is 0 Å². The van der Waals surface area contributed by atoms with Crippen LogP contribution in [0.5, 0.6) is 0 Å². The minimum absolute atomic E-state index is 0. The number of allylic oxidation sites excluding steroid dienone is 4. The van der Waals surface area contributed by atoms with E-state index in [1.165, 1.54) is 83.5 Å². The van der Waals surface area contributed by atoms with E-state index in [1.54, 1.807) is 15.3 Å². The summed E-state index contributed by atoms with van der Waals surface area (Å²) in [5, 5.41) is 0. The molecule has 0 unspecified atom stereocenters. The summed E-state index contributed by atoms with van der Waals surface area (Å²) in [6.45, 7) is 23.5. The molecule has 0 nitrogen and oxygen atoms in total. The monoisotopic (exact) mass is 876 g/mol. The predicted octanol–water partition coefficient (Wildman–Crippen LogP) is 7.78. The first-order valence-corrected chi connectivity index (χ1v) is 24.1. The molecule has 2 aliphatic rings. The van der Waals surface area contributed by atoms with Crippen molar-refractivity contribution in [2.24, 2.45) is 0 Å². The average Bonchev–Trinajstić information content (AvgIpc) is 3.82. The topological polar surface area (TPSA) is 0 Å². The zero-order valence-corrected chi connectivity index (χ0v) is 39.8. The summed E-state index contributed by atoms with van der Waals surface area (Å²) >= 11 is -3.07. The Kier molecular flexibility index (Phi) is 12.8. The van der Waals surface area contributed by atoms with E-state index >= 15 is 0 Å². The Morgan fingerprint density at radius 3 is 1.55 bits per heavy atom. The Morgan fingerprint density at radius 1 is 0.534 bits per heavy atom. The molecule has 0 saturated carbocycles. The van der Waals surface area contributed by atoms with Crippen LogP contribution in [-0.4, -0.2) is 3.21 Å². The van der Waals surface area contributed by atoms with Crippen LogP contribution < -0.4 is 28.1 Å². The van der Waals surface area contributed by atoms with Gasteiger partial charge in [-0.15, -0.1) is 0 Å². The van der Waals surface area contributed by atoms with Crippen molar-refractivity contribution in [2.45, 2.75) is 92.9 Å². The van der Waals surface area contributed by atoms with Gasteiger partial charge >= 0.3 is 346 Å². The summed E-state index contributed by atoms with van der Waals surface area (Å²) in [5.41, 5.74) is 22.3. The van der Waals surface area contributed by atoms with Crippen LogP contribution in [0.25, 0.3) is 33.4 Å². The van der Waals surface area contributed by atoms with Gasteiger partial charge < -0.3 is 24.8 Å². The van der Waals surface area contributed by atoms with E-state index in [9.17, 15) is 0 Å². The zero-order chi connectivity index (χ0) is 39.5. The summed E-state index contributed by atoms with van der Waals surface area (Å²) in [6.07, 6.45) is 9.21. The molecule has 0 heterocycles. The number of hydrogen-bond acceptors (Lipinski definition) is 0. The third kappa shape index (κ3) is 8.17. The second-order valence-corrected chi connectivity index (χ2v) is 24.2. The van der Waals surface area contributed by atoms with Crippen LogP contribution in [0, 0.1) is 27.7 Å². The first-order valence-electron chi connectivity index (χ1n) is 20.5. The number of halogens is 2. The first kappa shape index (κ1) is 43.7. The molecule has 2 aliphatic carbocycles. The zero-order valence-electron chi connectivity index (χ0n) is 35.9. The predicted molar refractivity (Wildman–Crippen MR) is 239 cm³/mol. The third-order valence-corrected chi connectivity index (χ3v) is 19.8. The molecule has 58 heavy (non-hydrogen) atoms. The van der Waals surface area contributed by atoms with Crippen LogP contribution in [-0.2, 0) is 38.5 Å². The SMILES string of the molecule is Cc1ccc([C](c2ccc(C)cc2)=[Zr+2]([C]2=CC=CC2)[c]2c3c(cc(C(C)(C)C)c2-c2ccccc2C)-c2cc(C(C)(C)C)c(-c4ccccc4C)cc2C3)cc1.[Cl-].[Cl-]. The second-order valence-electron chi connectivity index (χ2n) is 18.4. The molecule has 0 aliphatic heterocycles. The second kappa shape index (κ2) is 17.0. The number of fused-ring (bicyclic) bond motifs is 3. The molecule has 0 spiro atoms. The van der Waals surface area contributed by atoms with Crippen molar-refractivity contribution in [1.29, 1.82) is 0 Å². The van der Waals surface area contributed by atoms with E-state index < -0.39 is 21.3 Å². The van der Waals surface area contributed by atoms with Crippen LogP contribution >= 0.6 is 0 Å². The van der Waals surface area contributed by atoms with Crippen LogP contribution in [0.3, 0.4) is 0 Å². The van der Waals surface area contributed by atoms with Crippen LogP contribution in [0.1, 0.15) is 104 Å². The molecule has 0 atom stereocenters. The minimum Gasteiger partial charge on any atom is -1.00 e. The Balaban J connectivity index is 0.00000283. The molecule has 0 fully saturated rings. The Bertz CT molecular complexity index is 2550. The van der Waals surface area contributed by atoms with Crippen molar-refractivity contribution < 1.29 is 46.1 Å². The smallest absolute Gasteiger partial charge is 1.00 e. The first-order chi connectivity index (χ1) is 26.7. The fourth-order valence-corrected chi connectivity index (χ4v) is 17.5. The molecule has 294 valence electrons. The molecule has 6 aromatic carbocycles. The van der Waals surface area contributed by atoms with Crippen molar-refractivity contribution in [3.8, 4) is 33.4 Å². The summed E-state index contributed by atoms with van der Waals surface area (Å²) < 4.78 is 4.90. The molecular weight excluding hydrogens is 823 g/mol. The molecular formula is C55H56Cl2Zr. The van der Waals surface area contributed by atoms with Crippen molar-refractivity contribution >= 4 is 6.48 Å². The molecule has 6 aromatic rings. The molecule has 0 aromatic heterocycles. The fraction of sp³-hybridized carbons (Fsp3) is 0.255. The standard InChI is InChI=1S/C35H37.C15H14.C5H5.2ClH.Zr/c1-22-13-9-11-15-26(22)30-18-24-17-25-19-31(27-16-12-10-14-23(27)2)33(35(6,7)8)21-29(25)28(24)20-32(30)34(3,4)5;1-12-3-7-14(8-4-12)11-15-9-5-13(2)6-10-15;1-2-4-5-3-1;;;/h9-16,18,20-21H,17H2,1-8H3;3-10H,1-2H3;1-3H,4H2;2*1H;/q;;;;;+2/p-2. The van der Waals surface area contributed by atoms with Crippen LogP contribution in [0.4, 0.5) is 0 Å². The quantitative estimate of drug-likeness (QED) is 0.160. The van der Waals surface area contributed by atoms with E-state index in [2.05, 4.69) is 203 Å². The molecule has 0 amide bonds. The van der Waals surface area contributed by atoms with Gasteiger partial charge in [0.1, 0.15) is 0 Å². The average molecular weight is 879 g/mol. The Hall–Kier alpha value is -3.87. The van der Waals surface area contributed by atoms with E-state index in [0.717, 1.165) is 12.8 Å². The largest absolute Gasteiger partial charge is 1.00 e. The van der Waals surface area contributed by atoms with Gasteiger partial charge in [-0.05, 0) is 0 Å². The molecule has 0 N–H and O–H groups in total. The third-order valence-electron chi connectivity index (χ3n) is 12.1. The van der Waals surface area contributed by atoms with Gasteiger partial charge in [0, 0.05) is 0 Å². The van der Waals surface area contributed by atoms with Crippen molar-refractivity contribution in [3.63, 3.8) is 0 Å². The molecule has 3 heteroatoms. The van der Waals surface area contributed by atoms with Crippen LogP contribution in [0.15, 0.2) is 137 Å². The van der Waals surface area contributed by atoms with Gasteiger partial charge in [-0.3, -0.25) is 0 Å². The van der Waals surface area contributed by atoms with E-state index in [4.69, 9.17) is 0 Å². The van der Waals surface area contributed by atoms with Crippen molar-refractivity contribution in [1.82, 2.24) is 0 Å². The summed E-state index contributed by atoms with van der Waals surface area (Å²) in [6, 6.07) is 44.9. The fourth-order valence-electron chi connectivity index (χ4n) is 9.07. The van der Waals surface area contributed by atoms with Gasteiger partial charge in [0.25, 0.3) is 0 Å². The number of rotatable bonds is 6. The maximum atomic E-state index is 2.63. The van der Waals surface area contributed by atoms with Gasteiger partial charge in [0.2, 0.25) is 0 Å². The van der Waals surface area contributed by atoms with Gasteiger partial charge in [0.05, 0.1) is 0 Å². The van der Waals surface area contributed by atoms with Crippen LogP contribution in [0.2, 0.25) is 0 Å². The van der Waals surface area contributed by atoms with Gasteiger partial charge in [0.15, 0.2) is 0 Å². The normalized spacial score (nSPS) is 12.8. The van der Waals surface area contributed by atoms with Gasteiger partial charge in [-0.1, -0.05) is 0 Å². The maximum Gasteiger partial charge on any atom is -1.00 e. The number of hydrogen-bond donors (Lipinski definition) is 0. The molecule has 0 saturated heterocycles. The summed E-state index contributed by atoms with van der Waals surface area (Å²) in [5.74, 6) is 0. The van der Waals surface area contributed by atoms with Crippen molar-refractivity contribution in [3.05, 3.63) is 192 Å². The summed E-state index contributed by atoms with van der Waals surface area (Å²) in [4.78, 5) is 0. The van der Waals surface area contributed by atoms with Gasteiger partial charge in [-0.2, -0.15) is 0 Å². The molecule has 8 rings (SSSR count). The Morgan fingerprint density at radius 2 is 1.05 bits per heavy atom. The number of aryl methyl sites for hydroxylation is 4. The van der Waals surface area contributed by atoms with Gasteiger partial charge in [-0.25, -0.2) is 0 Å². The van der Waals surface area contributed by atoms with E-state index in [-0.39, 0.29) is 35.6 Å². The minimum atomic E-state index is -3.07. The molecule has 0 bridgehead atoms.